The van der Waals surface area contributed by atoms with Crippen LogP contribution >= 0.6 is 0 Å². The van der Waals surface area contributed by atoms with Crippen LogP contribution in [0.1, 0.15) is 12.8 Å². The maximum atomic E-state index is 12.4. The van der Waals surface area contributed by atoms with E-state index < -0.39 is 20.9 Å². The van der Waals surface area contributed by atoms with Crippen LogP contribution in [0.15, 0.2) is 24.3 Å². The monoisotopic (exact) mass is 243 g/mol. The minimum Gasteiger partial charge on any atom is -0.322 e. The number of hydrogen-bond acceptors (Lipinski definition) is 4. The minimum absolute atomic E-state index is 0.547. The van der Waals surface area contributed by atoms with Gasteiger partial charge in [-0.25, -0.2) is 8.42 Å². The number of nitrogens with two attached hydrogens (primary N) is 2. The summed E-state index contributed by atoms with van der Waals surface area (Å²) in [6, 6.07) is -0.692. The second kappa shape index (κ2) is 3.96. The standard InChI is InChI=1S/C10H17N3O2S/c11-9-5-1-2-6-10(9,12)16(14,15)13-7-3-4-8-13/h1-2,5-6,9H,3-4,7-8,11-12H2. The van der Waals surface area contributed by atoms with Gasteiger partial charge in [0, 0.05) is 13.1 Å². The summed E-state index contributed by atoms with van der Waals surface area (Å²) in [7, 11) is -3.56. The van der Waals surface area contributed by atoms with E-state index in [2.05, 4.69) is 0 Å². The lowest BCUT2D eigenvalue weighted by atomic mass is 10.0. The maximum absolute atomic E-state index is 12.4. The molecule has 1 aliphatic heterocycles. The highest BCUT2D eigenvalue weighted by Crippen LogP contribution is 2.27. The van der Waals surface area contributed by atoms with E-state index in [9.17, 15) is 8.42 Å². The lowest BCUT2D eigenvalue weighted by molar-refractivity contribution is 0.438. The Morgan fingerprint density at radius 2 is 1.88 bits per heavy atom. The fraction of sp³-hybridized carbons (Fsp3) is 0.600. The molecule has 2 unspecified atom stereocenters. The van der Waals surface area contributed by atoms with Gasteiger partial charge in [-0.3, -0.25) is 0 Å². The van der Waals surface area contributed by atoms with Gasteiger partial charge in [-0.1, -0.05) is 18.2 Å². The van der Waals surface area contributed by atoms with E-state index in [1.165, 1.54) is 10.4 Å². The molecule has 0 amide bonds. The molecule has 16 heavy (non-hydrogen) atoms. The van der Waals surface area contributed by atoms with Gasteiger partial charge in [-0.15, -0.1) is 0 Å². The van der Waals surface area contributed by atoms with Crippen molar-refractivity contribution in [1.82, 2.24) is 4.31 Å². The Morgan fingerprint density at radius 1 is 1.25 bits per heavy atom. The van der Waals surface area contributed by atoms with Gasteiger partial charge < -0.3 is 11.5 Å². The number of sulfonamides is 1. The van der Waals surface area contributed by atoms with E-state index in [0.717, 1.165) is 12.8 Å². The molecule has 1 fully saturated rings. The molecule has 2 rings (SSSR count). The Hall–Kier alpha value is -0.690. The molecule has 2 aliphatic rings. The average molecular weight is 243 g/mol. The van der Waals surface area contributed by atoms with Gasteiger partial charge in [0.15, 0.2) is 4.87 Å². The van der Waals surface area contributed by atoms with Crippen LogP contribution < -0.4 is 11.5 Å². The molecule has 1 saturated heterocycles. The smallest absolute Gasteiger partial charge is 0.238 e. The van der Waals surface area contributed by atoms with Crippen molar-refractivity contribution in [1.29, 1.82) is 0 Å². The van der Waals surface area contributed by atoms with Gasteiger partial charge in [0.1, 0.15) is 0 Å². The van der Waals surface area contributed by atoms with Crippen molar-refractivity contribution in [3.8, 4) is 0 Å². The fourth-order valence-corrected chi connectivity index (χ4v) is 3.92. The Bertz CT molecular complexity index is 423. The second-order valence-electron chi connectivity index (χ2n) is 4.23. The van der Waals surface area contributed by atoms with Gasteiger partial charge in [0.25, 0.3) is 0 Å². The molecule has 5 nitrogen and oxygen atoms in total. The minimum atomic E-state index is -3.56. The quantitative estimate of drug-likeness (QED) is 0.685. The van der Waals surface area contributed by atoms with E-state index in [-0.39, 0.29) is 0 Å². The Kier molecular flexibility index (Phi) is 2.91. The van der Waals surface area contributed by atoms with Crippen LogP contribution in [0.5, 0.6) is 0 Å². The molecule has 0 saturated carbocycles. The van der Waals surface area contributed by atoms with Crippen molar-refractivity contribution in [3.05, 3.63) is 24.3 Å². The Balaban J connectivity index is 2.35. The summed E-state index contributed by atoms with van der Waals surface area (Å²) in [6.07, 6.45) is 8.24. The first-order valence-electron chi connectivity index (χ1n) is 5.39. The van der Waals surface area contributed by atoms with Crippen LogP contribution in [0.2, 0.25) is 0 Å². The van der Waals surface area contributed by atoms with Gasteiger partial charge in [0.05, 0.1) is 6.04 Å². The molecular weight excluding hydrogens is 226 g/mol. The molecule has 1 aliphatic carbocycles. The van der Waals surface area contributed by atoms with E-state index in [1.807, 2.05) is 0 Å². The van der Waals surface area contributed by atoms with E-state index in [1.54, 1.807) is 18.2 Å². The molecule has 0 aromatic heterocycles. The van der Waals surface area contributed by atoms with E-state index in [4.69, 9.17) is 11.5 Å². The predicted octanol–water partition coefficient (Wildman–Crippen LogP) is -0.480. The van der Waals surface area contributed by atoms with Gasteiger partial charge in [-0.05, 0) is 18.9 Å². The molecule has 0 radical (unpaired) electrons. The normalized spacial score (nSPS) is 35.8. The molecule has 0 aromatic rings. The van der Waals surface area contributed by atoms with Crippen LogP contribution in [0, 0.1) is 0 Å². The van der Waals surface area contributed by atoms with Crippen molar-refractivity contribution >= 4 is 10.0 Å². The first-order valence-corrected chi connectivity index (χ1v) is 6.83. The molecule has 1 heterocycles. The lowest BCUT2D eigenvalue weighted by Crippen LogP contribution is -2.62. The highest BCUT2D eigenvalue weighted by atomic mass is 32.2. The number of hydrogen-bond donors (Lipinski definition) is 2. The number of rotatable bonds is 2. The molecule has 0 bridgehead atoms. The summed E-state index contributed by atoms with van der Waals surface area (Å²) in [5, 5.41) is 0. The number of allylic oxidation sites excluding steroid dienone is 2. The zero-order chi connectivity index (χ0) is 11.8. The van der Waals surface area contributed by atoms with Crippen molar-refractivity contribution in [3.63, 3.8) is 0 Å². The summed E-state index contributed by atoms with van der Waals surface area (Å²) < 4.78 is 26.2. The first-order chi connectivity index (χ1) is 7.48. The zero-order valence-corrected chi connectivity index (χ0v) is 9.86. The van der Waals surface area contributed by atoms with E-state index in [0.29, 0.717) is 13.1 Å². The molecule has 4 N–H and O–H groups in total. The van der Waals surface area contributed by atoms with Crippen LogP contribution in [-0.4, -0.2) is 36.7 Å². The summed E-state index contributed by atoms with van der Waals surface area (Å²) in [6.45, 7) is 1.09. The fourth-order valence-electron chi connectivity index (χ4n) is 2.06. The average Bonchev–Trinajstić information content (AvgIpc) is 2.76. The largest absolute Gasteiger partial charge is 0.322 e. The van der Waals surface area contributed by atoms with Gasteiger partial charge in [0.2, 0.25) is 10.0 Å². The maximum Gasteiger partial charge on any atom is 0.238 e. The summed E-state index contributed by atoms with van der Waals surface area (Å²) in [5.74, 6) is 0. The van der Waals surface area contributed by atoms with Crippen LogP contribution in [0.25, 0.3) is 0 Å². The van der Waals surface area contributed by atoms with Gasteiger partial charge >= 0.3 is 0 Å². The van der Waals surface area contributed by atoms with E-state index >= 15 is 0 Å². The third kappa shape index (κ3) is 1.62. The molecule has 0 aromatic carbocycles. The molecule has 90 valence electrons. The van der Waals surface area contributed by atoms with Crippen molar-refractivity contribution in [2.24, 2.45) is 11.5 Å². The second-order valence-corrected chi connectivity index (χ2v) is 6.41. The summed E-state index contributed by atoms with van der Waals surface area (Å²) in [5.41, 5.74) is 11.8. The van der Waals surface area contributed by atoms with Crippen molar-refractivity contribution in [2.75, 3.05) is 13.1 Å². The lowest BCUT2D eigenvalue weighted by Gasteiger charge is -2.35. The number of nitrogens with zero attached hydrogens (tertiary/aromatic N) is 1. The highest BCUT2D eigenvalue weighted by molar-refractivity contribution is 7.90. The Morgan fingerprint density at radius 3 is 2.44 bits per heavy atom. The van der Waals surface area contributed by atoms with Crippen LogP contribution in [-0.2, 0) is 10.0 Å². The first kappa shape index (κ1) is 11.8. The predicted molar refractivity (Wildman–Crippen MR) is 62.9 cm³/mol. The molecule has 0 spiro atoms. The molecule has 2 atom stereocenters. The van der Waals surface area contributed by atoms with Gasteiger partial charge in [-0.2, -0.15) is 4.31 Å². The van der Waals surface area contributed by atoms with Crippen LogP contribution in [0.4, 0.5) is 0 Å². The van der Waals surface area contributed by atoms with Crippen molar-refractivity contribution < 1.29 is 8.42 Å². The highest BCUT2D eigenvalue weighted by Gasteiger charge is 2.47. The summed E-state index contributed by atoms with van der Waals surface area (Å²) in [4.78, 5) is -1.49. The molecule has 6 heteroatoms. The zero-order valence-electron chi connectivity index (χ0n) is 9.04. The molecular formula is C10H17N3O2S. The third-order valence-corrected chi connectivity index (χ3v) is 5.51. The topological polar surface area (TPSA) is 89.4 Å². The Labute approximate surface area is 95.8 Å². The summed E-state index contributed by atoms with van der Waals surface area (Å²) >= 11 is 0. The van der Waals surface area contributed by atoms with Crippen molar-refractivity contribution in [2.45, 2.75) is 23.8 Å². The SMILES string of the molecule is NC1C=CC=CC1(N)S(=O)(=O)N1CCCC1. The third-order valence-electron chi connectivity index (χ3n) is 3.16. The van der Waals surface area contributed by atoms with Crippen LogP contribution in [0.3, 0.4) is 0 Å².